The molecule has 2 amide bonds. The van der Waals surface area contributed by atoms with Crippen LogP contribution in [-0.4, -0.2) is 77.3 Å². The maximum Gasteiger partial charge on any atom is 0.254 e. The fourth-order valence-corrected chi connectivity index (χ4v) is 5.62. The van der Waals surface area contributed by atoms with E-state index < -0.39 is 15.9 Å². The third kappa shape index (κ3) is 5.04. The first-order valence-electron chi connectivity index (χ1n) is 11.3. The highest BCUT2D eigenvalue weighted by Crippen LogP contribution is 2.21. The van der Waals surface area contributed by atoms with Crippen LogP contribution in [0.3, 0.4) is 0 Å². The first-order chi connectivity index (χ1) is 16.6. The molecule has 35 heavy (non-hydrogen) atoms. The van der Waals surface area contributed by atoms with Crippen molar-refractivity contribution < 1.29 is 18.0 Å². The molecule has 3 heterocycles. The molecule has 1 fully saturated rings. The summed E-state index contributed by atoms with van der Waals surface area (Å²) >= 11 is 0. The number of carbonyl (C=O) groups is 2. The van der Waals surface area contributed by atoms with Crippen LogP contribution in [0.4, 0.5) is 5.69 Å². The van der Waals surface area contributed by atoms with E-state index in [1.165, 1.54) is 22.6 Å². The van der Waals surface area contributed by atoms with Gasteiger partial charge in [0.1, 0.15) is 5.56 Å². The summed E-state index contributed by atoms with van der Waals surface area (Å²) in [6, 6.07) is 6.23. The highest BCUT2D eigenvalue weighted by molar-refractivity contribution is 7.89. The normalized spacial score (nSPS) is 15.4. The number of fused-ring (bicyclic) bond motifs is 1. The molecule has 4 rings (SSSR count). The second kappa shape index (κ2) is 9.72. The third-order valence-corrected chi connectivity index (χ3v) is 8.23. The van der Waals surface area contributed by atoms with Gasteiger partial charge in [-0.2, -0.15) is 9.40 Å². The third-order valence-electron chi connectivity index (χ3n) is 6.31. The minimum absolute atomic E-state index is 0.195. The van der Waals surface area contributed by atoms with Crippen LogP contribution in [0.25, 0.3) is 5.65 Å². The highest BCUT2D eigenvalue weighted by atomic mass is 32.2. The minimum Gasteiger partial charge on any atom is -0.365 e. The van der Waals surface area contributed by atoms with Crippen molar-refractivity contribution >= 4 is 33.2 Å². The predicted molar refractivity (Wildman–Crippen MR) is 131 cm³/mol. The van der Waals surface area contributed by atoms with Crippen LogP contribution >= 0.6 is 0 Å². The standard InChI is InChI=1S/C23H29N7O4S/c1-15-19(16(2)30-23(26-15)20(14-25-30)22(24)32)8-9-21(31)27-17-4-6-18(7-5-17)35(33,34)29-12-10-28(3)11-13-29/h4-7,14H,8-13H2,1-3H3,(H2,24,32)(H,27,31). The van der Waals surface area contributed by atoms with Gasteiger partial charge in [0.15, 0.2) is 5.65 Å². The first kappa shape index (κ1) is 24.8. The lowest BCUT2D eigenvalue weighted by Gasteiger charge is -2.31. The molecule has 1 aliphatic rings. The van der Waals surface area contributed by atoms with Crippen LogP contribution in [0, 0.1) is 13.8 Å². The van der Waals surface area contributed by atoms with Crippen molar-refractivity contribution in [3.63, 3.8) is 0 Å². The van der Waals surface area contributed by atoms with Gasteiger partial charge in [-0.05, 0) is 57.1 Å². The van der Waals surface area contributed by atoms with Crippen molar-refractivity contribution in [2.45, 2.75) is 31.6 Å². The fourth-order valence-electron chi connectivity index (χ4n) is 4.20. The number of primary amides is 1. The zero-order valence-electron chi connectivity index (χ0n) is 20.0. The summed E-state index contributed by atoms with van der Waals surface area (Å²) < 4.78 is 28.8. The minimum atomic E-state index is -3.56. The van der Waals surface area contributed by atoms with Gasteiger partial charge in [0, 0.05) is 49.7 Å². The summed E-state index contributed by atoms with van der Waals surface area (Å²) in [4.78, 5) is 30.9. The number of aromatic nitrogens is 3. The zero-order chi connectivity index (χ0) is 25.3. The monoisotopic (exact) mass is 499 g/mol. The number of piperazine rings is 1. The number of nitrogens with one attached hydrogen (secondary N) is 1. The second-order valence-corrected chi connectivity index (χ2v) is 10.6. The zero-order valence-corrected chi connectivity index (χ0v) is 20.8. The van der Waals surface area contributed by atoms with E-state index in [1.54, 1.807) is 16.6 Å². The molecular formula is C23H29N7O4S. The molecule has 0 aliphatic carbocycles. The molecule has 3 N–H and O–H groups in total. The van der Waals surface area contributed by atoms with E-state index >= 15 is 0 Å². The number of likely N-dealkylation sites (N-methyl/N-ethyl adjacent to an activating group) is 1. The quantitative estimate of drug-likeness (QED) is 0.493. The smallest absolute Gasteiger partial charge is 0.254 e. The molecule has 0 radical (unpaired) electrons. The van der Waals surface area contributed by atoms with Crippen molar-refractivity contribution in [3.8, 4) is 0 Å². The molecule has 1 aliphatic heterocycles. The number of anilines is 1. The molecule has 0 bridgehead atoms. The van der Waals surface area contributed by atoms with Crippen LogP contribution < -0.4 is 11.1 Å². The highest BCUT2D eigenvalue weighted by Gasteiger charge is 2.27. The first-order valence-corrected chi connectivity index (χ1v) is 12.7. The number of rotatable bonds is 7. The summed E-state index contributed by atoms with van der Waals surface area (Å²) in [5.74, 6) is -0.808. The van der Waals surface area contributed by atoms with Crippen molar-refractivity contribution in [2.75, 3.05) is 38.5 Å². The molecule has 0 saturated carbocycles. The number of hydrogen-bond donors (Lipinski definition) is 2. The van der Waals surface area contributed by atoms with E-state index in [4.69, 9.17) is 5.73 Å². The van der Waals surface area contributed by atoms with Gasteiger partial charge in [-0.25, -0.2) is 17.9 Å². The van der Waals surface area contributed by atoms with Gasteiger partial charge in [0.2, 0.25) is 15.9 Å². The average molecular weight is 500 g/mol. The molecule has 12 heteroatoms. The summed E-state index contributed by atoms with van der Waals surface area (Å²) in [6.45, 7) is 5.98. The SMILES string of the molecule is Cc1nc2c(C(N)=O)cnn2c(C)c1CCC(=O)Nc1ccc(S(=O)(=O)N2CCN(C)CC2)cc1. The summed E-state index contributed by atoms with van der Waals surface area (Å²) in [5, 5.41) is 7.01. The fraction of sp³-hybridized carbons (Fsp3) is 0.391. The Morgan fingerprint density at radius 2 is 1.74 bits per heavy atom. The van der Waals surface area contributed by atoms with Gasteiger partial charge in [0.05, 0.1) is 11.1 Å². The molecule has 0 atom stereocenters. The molecule has 0 spiro atoms. The van der Waals surface area contributed by atoms with Crippen molar-refractivity contribution in [2.24, 2.45) is 5.73 Å². The number of sulfonamides is 1. The Labute approximate surface area is 204 Å². The van der Waals surface area contributed by atoms with Crippen molar-refractivity contribution in [3.05, 3.63) is 53.0 Å². The Hall–Kier alpha value is -3.35. The molecule has 0 unspecified atom stereocenters. The molecule has 186 valence electrons. The molecule has 2 aromatic heterocycles. The maximum atomic E-state index is 12.9. The number of nitrogens with two attached hydrogens (primary N) is 1. The largest absolute Gasteiger partial charge is 0.365 e. The van der Waals surface area contributed by atoms with Crippen LogP contribution in [-0.2, 0) is 21.2 Å². The van der Waals surface area contributed by atoms with Gasteiger partial charge >= 0.3 is 0 Å². The number of amides is 2. The molecular weight excluding hydrogens is 470 g/mol. The van der Waals surface area contributed by atoms with Crippen LogP contribution in [0.5, 0.6) is 0 Å². The lowest BCUT2D eigenvalue weighted by atomic mass is 10.1. The van der Waals surface area contributed by atoms with Crippen molar-refractivity contribution in [1.82, 2.24) is 23.8 Å². The summed E-state index contributed by atoms with van der Waals surface area (Å²) in [6.07, 6.45) is 2.01. The predicted octanol–water partition coefficient (Wildman–Crippen LogP) is 0.952. The van der Waals surface area contributed by atoms with E-state index in [9.17, 15) is 18.0 Å². The Kier molecular flexibility index (Phi) is 6.88. The molecule has 11 nitrogen and oxygen atoms in total. The number of nitrogens with zero attached hydrogens (tertiary/aromatic N) is 5. The van der Waals surface area contributed by atoms with E-state index in [-0.39, 0.29) is 22.8 Å². The van der Waals surface area contributed by atoms with E-state index in [1.807, 2.05) is 20.9 Å². The van der Waals surface area contributed by atoms with E-state index in [0.29, 0.717) is 49.6 Å². The van der Waals surface area contributed by atoms with Crippen molar-refractivity contribution in [1.29, 1.82) is 0 Å². The molecule has 1 saturated heterocycles. The Balaban J connectivity index is 1.40. The maximum absolute atomic E-state index is 12.9. The summed E-state index contributed by atoms with van der Waals surface area (Å²) in [5.41, 5.74) is 8.90. The Morgan fingerprint density at radius 3 is 2.37 bits per heavy atom. The van der Waals surface area contributed by atoms with Gasteiger partial charge in [0.25, 0.3) is 5.91 Å². The van der Waals surface area contributed by atoms with Crippen LogP contribution in [0.2, 0.25) is 0 Å². The molecule has 3 aromatic rings. The number of benzene rings is 1. The molecule has 1 aromatic carbocycles. The van der Waals surface area contributed by atoms with Gasteiger partial charge in [-0.1, -0.05) is 0 Å². The summed E-state index contributed by atoms with van der Waals surface area (Å²) in [7, 11) is -1.59. The van der Waals surface area contributed by atoms with E-state index in [0.717, 1.165) is 11.3 Å². The van der Waals surface area contributed by atoms with Crippen LogP contribution in [0.1, 0.15) is 33.7 Å². The lowest BCUT2D eigenvalue weighted by molar-refractivity contribution is -0.116. The van der Waals surface area contributed by atoms with E-state index in [2.05, 4.69) is 20.3 Å². The van der Waals surface area contributed by atoms with Gasteiger partial charge in [-0.3, -0.25) is 9.59 Å². The Morgan fingerprint density at radius 1 is 1.09 bits per heavy atom. The van der Waals surface area contributed by atoms with Gasteiger partial charge < -0.3 is 16.0 Å². The van der Waals surface area contributed by atoms with Gasteiger partial charge in [-0.15, -0.1) is 0 Å². The number of aryl methyl sites for hydroxylation is 2. The lowest BCUT2D eigenvalue weighted by Crippen LogP contribution is -2.46. The number of carbonyl (C=O) groups excluding carboxylic acids is 2. The number of hydrogen-bond acceptors (Lipinski definition) is 7. The Bertz CT molecular complexity index is 1380. The van der Waals surface area contributed by atoms with Crippen LogP contribution in [0.15, 0.2) is 35.4 Å². The average Bonchev–Trinajstić information content (AvgIpc) is 3.24. The second-order valence-electron chi connectivity index (χ2n) is 8.70. The topological polar surface area (TPSA) is 143 Å².